The van der Waals surface area contributed by atoms with Gasteiger partial charge in [-0.1, -0.05) is 59.6 Å². The van der Waals surface area contributed by atoms with Crippen LogP contribution in [0.25, 0.3) is 0 Å². The molecule has 1 aromatic rings. The highest BCUT2D eigenvalue weighted by Crippen LogP contribution is 2.69. The lowest BCUT2D eigenvalue weighted by Gasteiger charge is -2.65. The summed E-state index contributed by atoms with van der Waals surface area (Å²) in [5, 5.41) is 0. The molecule has 4 saturated carbocycles. The van der Waals surface area contributed by atoms with E-state index < -0.39 is 0 Å². The van der Waals surface area contributed by atoms with Crippen molar-refractivity contribution in [2.75, 3.05) is 0 Å². The Kier molecular flexibility index (Phi) is 7.21. The third-order valence-electron chi connectivity index (χ3n) is 11.1. The molecule has 1 heterocycles. The van der Waals surface area contributed by atoms with E-state index in [0.717, 1.165) is 24.3 Å². The Morgan fingerprint density at radius 3 is 2.45 bits per heavy atom. The zero-order valence-electron chi connectivity index (χ0n) is 22.3. The number of allylic oxidation sites excluding steroid dienone is 1. The molecule has 0 amide bonds. The molecule has 3 nitrogen and oxygen atoms in total. The van der Waals surface area contributed by atoms with Crippen molar-refractivity contribution in [3.05, 3.63) is 30.9 Å². The Bertz CT molecular complexity index is 799. The highest BCUT2D eigenvalue weighted by molar-refractivity contribution is 5.22. The largest absolute Gasteiger partial charge is 0.333 e. The molecule has 0 radical (unpaired) electrons. The quantitative estimate of drug-likeness (QED) is 0.466. The molecule has 0 aliphatic heterocycles. The minimum absolute atomic E-state index is 0.0415. The van der Waals surface area contributed by atoms with E-state index in [2.05, 4.69) is 43.1 Å². The summed E-state index contributed by atoms with van der Waals surface area (Å²) in [4.78, 5) is 4.23. The minimum atomic E-state index is 0.0415. The zero-order chi connectivity index (χ0) is 23.9. The van der Waals surface area contributed by atoms with Crippen molar-refractivity contribution in [1.29, 1.82) is 0 Å². The van der Waals surface area contributed by atoms with Gasteiger partial charge in [0.15, 0.2) is 0 Å². The average Bonchev–Trinajstić information content (AvgIpc) is 3.43. The molecule has 186 valence electrons. The number of fused-ring (bicyclic) bond motifs is 5. The van der Waals surface area contributed by atoms with Gasteiger partial charge in [-0.15, -0.1) is 0 Å². The summed E-state index contributed by atoms with van der Waals surface area (Å²) in [5.41, 5.74) is 9.81. The van der Waals surface area contributed by atoms with Crippen LogP contribution in [0.4, 0.5) is 0 Å². The molecule has 3 heteroatoms. The summed E-state index contributed by atoms with van der Waals surface area (Å²) >= 11 is 0. The molecule has 0 bridgehead atoms. The molecule has 8 atom stereocenters. The Morgan fingerprint density at radius 1 is 1.03 bits per heavy atom. The minimum Gasteiger partial charge on any atom is -0.333 e. The zero-order valence-corrected chi connectivity index (χ0v) is 22.3. The van der Waals surface area contributed by atoms with Crippen molar-refractivity contribution < 1.29 is 0 Å². The van der Waals surface area contributed by atoms with E-state index in [9.17, 15) is 0 Å². The van der Waals surface area contributed by atoms with Crippen molar-refractivity contribution >= 4 is 0 Å². The number of hydrogen-bond donors (Lipinski definition) is 1. The topological polar surface area (TPSA) is 43.8 Å². The Hall–Kier alpha value is -1.09. The predicted molar refractivity (Wildman–Crippen MR) is 140 cm³/mol. The van der Waals surface area contributed by atoms with Gasteiger partial charge in [-0.3, -0.25) is 0 Å². The van der Waals surface area contributed by atoms with Gasteiger partial charge in [-0.2, -0.15) is 0 Å². The van der Waals surface area contributed by atoms with Crippen LogP contribution in [-0.2, 0) is 6.54 Å². The first-order valence-corrected chi connectivity index (χ1v) is 14.2. The first-order chi connectivity index (χ1) is 15.8. The third-order valence-corrected chi connectivity index (χ3v) is 11.1. The molecule has 0 aromatic carbocycles. The summed E-state index contributed by atoms with van der Waals surface area (Å²) in [6.07, 6.45) is 20.9. The molecule has 2 N–H and O–H groups in total. The number of aromatic nitrogens is 2. The van der Waals surface area contributed by atoms with E-state index in [4.69, 9.17) is 5.73 Å². The Balaban J connectivity index is 0.00000126. The maximum atomic E-state index is 7.57. The molecular weight excluding hydrogens is 402 g/mol. The van der Waals surface area contributed by atoms with Crippen LogP contribution < -0.4 is 5.73 Å². The number of hydrogen-bond acceptors (Lipinski definition) is 2. The van der Waals surface area contributed by atoms with Crippen LogP contribution in [0.15, 0.2) is 30.9 Å². The highest BCUT2D eigenvalue weighted by atomic mass is 15.0. The van der Waals surface area contributed by atoms with E-state index >= 15 is 0 Å². The van der Waals surface area contributed by atoms with Crippen LogP contribution >= 0.6 is 0 Å². The third kappa shape index (κ3) is 4.05. The number of imidazole rings is 1. The fraction of sp³-hybridized carbons (Fsp3) is 0.833. The van der Waals surface area contributed by atoms with Gasteiger partial charge in [0.1, 0.15) is 0 Å². The van der Waals surface area contributed by atoms with Gasteiger partial charge in [-0.05, 0) is 98.2 Å². The van der Waals surface area contributed by atoms with Crippen LogP contribution in [-0.4, -0.2) is 15.1 Å². The van der Waals surface area contributed by atoms with Crippen LogP contribution in [0, 0.1) is 40.4 Å². The molecule has 0 spiro atoms. The fourth-order valence-corrected chi connectivity index (χ4v) is 9.63. The van der Waals surface area contributed by atoms with E-state index in [1.165, 1.54) is 76.2 Å². The lowest BCUT2D eigenvalue weighted by molar-refractivity contribution is -0.130. The van der Waals surface area contributed by atoms with Crippen molar-refractivity contribution in [3.63, 3.8) is 0 Å². The van der Waals surface area contributed by atoms with E-state index in [1.807, 2.05) is 26.4 Å². The van der Waals surface area contributed by atoms with Gasteiger partial charge in [0.2, 0.25) is 0 Å². The van der Waals surface area contributed by atoms with Crippen LogP contribution in [0.1, 0.15) is 105 Å². The summed E-state index contributed by atoms with van der Waals surface area (Å²) in [5.74, 6) is 3.88. The predicted octanol–water partition coefficient (Wildman–Crippen LogP) is 7.62. The lowest BCUT2D eigenvalue weighted by atomic mass is 9.41. The van der Waals surface area contributed by atoms with Crippen LogP contribution in [0.2, 0.25) is 0 Å². The second kappa shape index (κ2) is 9.51. The number of nitrogens with zero attached hydrogens (tertiary/aromatic N) is 2. The molecule has 4 aliphatic carbocycles. The maximum Gasteiger partial charge on any atom is 0.0948 e. The first kappa shape index (κ1) is 25.0. The molecule has 1 aromatic heterocycles. The van der Waals surface area contributed by atoms with Gasteiger partial charge < -0.3 is 10.3 Å². The Labute approximate surface area is 204 Å². The summed E-state index contributed by atoms with van der Waals surface area (Å²) in [6, 6.07) is 0. The first-order valence-electron chi connectivity index (χ1n) is 14.2. The molecule has 8 unspecified atom stereocenters. The molecular formula is C30H51N3. The molecule has 4 fully saturated rings. The van der Waals surface area contributed by atoms with Crippen LogP contribution in [0.3, 0.4) is 0 Å². The van der Waals surface area contributed by atoms with Gasteiger partial charge in [-0.25, -0.2) is 4.98 Å². The number of nitrogens with two attached hydrogens (primary N) is 1. The summed E-state index contributed by atoms with van der Waals surface area (Å²) in [7, 11) is 0. The molecule has 33 heavy (non-hydrogen) atoms. The van der Waals surface area contributed by atoms with Gasteiger partial charge in [0.25, 0.3) is 0 Å². The van der Waals surface area contributed by atoms with Crippen molar-refractivity contribution in [1.82, 2.24) is 9.55 Å². The highest BCUT2D eigenvalue weighted by Gasteiger charge is 2.65. The van der Waals surface area contributed by atoms with Crippen molar-refractivity contribution in [2.45, 2.75) is 117 Å². The van der Waals surface area contributed by atoms with Gasteiger partial charge in [0.05, 0.1) is 6.33 Å². The van der Waals surface area contributed by atoms with E-state index in [0.29, 0.717) is 22.7 Å². The average molecular weight is 454 g/mol. The summed E-state index contributed by atoms with van der Waals surface area (Å²) < 4.78 is 2.18. The maximum absolute atomic E-state index is 7.57. The van der Waals surface area contributed by atoms with Gasteiger partial charge in [0, 0.05) is 24.5 Å². The normalized spacial score (nSPS) is 44.1. The van der Waals surface area contributed by atoms with E-state index in [-0.39, 0.29) is 5.54 Å². The van der Waals surface area contributed by atoms with Gasteiger partial charge >= 0.3 is 0 Å². The number of rotatable bonds is 5. The van der Waals surface area contributed by atoms with E-state index in [1.54, 1.807) is 0 Å². The molecule has 0 saturated heterocycles. The Morgan fingerprint density at radius 2 is 1.76 bits per heavy atom. The molecule has 4 aliphatic rings. The van der Waals surface area contributed by atoms with Crippen molar-refractivity contribution in [2.24, 2.45) is 46.2 Å². The van der Waals surface area contributed by atoms with Crippen LogP contribution in [0.5, 0.6) is 0 Å². The second-order valence-electron chi connectivity index (χ2n) is 12.5. The summed E-state index contributed by atoms with van der Waals surface area (Å²) in [6.45, 7) is 17.1. The SMILES string of the molecule is C=C(Cn1ccnc1)C1CCC2C1(C)CCC1C3(C)CCC(CCC)CC3CCC12N.CC. The molecule has 5 rings (SSSR count). The standard InChI is InChI=1S/C28H45N3.C2H6/c1-5-6-21-9-12-26(3)22(17-21)10-14-28(29)24-8-7-23(27(24,4)13-11-25(26)28)20(2)18-31-16-15-30-19-31;1-2/h15-16,19,21-25H,2,5-14,17-18,29H2,1,3-4H3;1-2H3. The fourth-order valence-electron chi connectivity index (χ4n) is 9.63. The monoisotopic (exact) mass is 453 g/mol. The smallest absolute Gasteiger partial charge is 0.0948 e. The lowest BCUT2D eigenvalue weighted by Crippen LogP contribution is -2.68. The second-order valence-corrected chi connectivity index (χ2v) is 12.5. The van der Waals surface area contributed by atoms with Crippen molar-refractivity contribution in [3.8, 4) is 0 Å².